The number of nitrogens with one attached hydrogen (secondary N) is 2. The topological polar surface area (TPSA) is 63.2 Å². The number of pyridine rings is 1. The summed E-state index contributed by atoms with van der Waals surface area (Å²) in [5, 5.41) is 6.19. The normalized spacial score (nSPS) is 10.4. The van der Waals surface area contributed by atoms with Gasteiger partial charge in [-0.05, 0) is 30.9 Å². The average Bonchev–Trinajstić information content (AvgIpc) is 2.63. The number of hydrogen-bond acceptors (Lipinski definition) is 4. The van der Waals surface area contributed by atoms with E-state index in [4.69, 9.17) is 4.74 Å². The van der Waals surface area contributed by atoms with Gasteiger partial charge in [-0.25, -0.2) is 0 Å². The first-order chi connectivity index (χ1) is 11.8. The highest BCUT2D eigenvalue weighted by molar-refractivity contribution is 5.94. The molecule has 1 amide bonds. The van der Waals surface area contributed by atoms with Crippen LogP contribution in [0.2, 0.25) is 0 Å². The van der Waals surface area contributed by atoms with E-state index in [2.05, 4.69) is 27.8 Å². The van der Waals surface area contributed by atoms with Gasteiger partial charge in [-0.2, -0.15) is 0 Å². The number of anilines is 1. The van der Waals surface area contributed by atoms with Crippen LogP contribution in [0, 0.1) is 0 Å². The molecule has 2 rings (SSSR count). The number of benzene rings is 1. The summed E-state index contributed by atoms with van der Waals surface area (Å²) in [6.45, 7) is 2.15. The van der Waals surface area contributed by atoms with Crippen LogP contribution in [0.1, 0.15) is 28.8 Å². The third kappa shape index (κ3) is 6.38. The Labute approximate surface area is 143 Å². The fourth-order valence-corrected chi connectivity index (χ4v) is 2.35. The zero-order chi connectivity index (χ0) is 17.0. The smallest absolute Gasteiger partial charge is 0.252 e. The summed E-state index contributed by atoms with van der Waals surface area (Å²) in [4.78, 5) is 16.3. The number of aryl methyl sites for hydroxylation is 1. The number of ether oxygens (including phenoxy) is 1. The fourth-order valence-electron chi connectivity index (χ4n) is 2.35. The van der Waals surface area contributed by atoms with Gasteiger partial charge in [0.1, 0.15) is 0 Å². The van der Waals surface area contributed by atoms with Gasteiger partial charge >= 0.3 is 0 Å². The highest BCUT2D eigenvalue weighted by Gasteiger charge is 2.06. The standard InChI is InChI=1S/C19H25N3O2/c1-24-12-6-11-21-18-13-17(14-20-15-18)19(23)22-10-5-9-16-7-3-2-4-8-16/h2-4,7-8,13-15,21H,5-6,9-12H2,1H3,(H,22,23). The number of amides is 1. The van der Waals surface area contributed by atoms with Crippen LogP contribution < -0.4 is 10.6 Å². The first-order valence-electron chi connectivity index (χ1n) is 8.29. The van der Waals surface area contributed by atoms with Crippen LogP contribution >= 0.6 is 0 Å². The molecule has 0 saturated carbocycles. The number of hydrogen-bond donors (Lipinski definition) is 2. The van der Waals surface area contributed by atoms with Gasteiger partial charge in [0.05, 0.1) is 11.3 Å². The lowest BCUT2D eigenvalue weighted by molar-refractivity contribution is 0.0953. The summed E-state index contributed by atoms with van der Waals surface area (Å²) in [6, 6.07) is 12.1. The van der Waals surface area contributed by atoms with E-state index < -0.39 is 0 Å². The van der Waals surface area contributed by atoms with Crippen LogP contribution in [0.5, 0.6) is 0 Å². The first kappa shape index (κ1) is 17.9. The Kier molecular flexibility index (Phi) is 7.77. The van der Waals surface area contributed by atoms with E-state index in [1.807, 2.05) is 24.3 Å². The van der Waals surface area contributed by atoms with Crippen molar-refractivity contribution in [3.63, 3.8) is 0 Å². The maximum Gasteiger partial charge on any atom is 0.252 e. The molecule has 0 fully saturated rings. The van der Waals surface area contributed by atoms with Crippen molar-refractivity contribution in [3.8, 4) is 0 Å². The zero-order valence-corrected chi connectivity index (χ0v) is 14.1. The van der Waals surface area contributed by atoms with Gasteiger partial charge in [0.2, 0.25) is 0 Å². The van der Waals surface area contributed by atoms with E-state index in [0.29, 0.717) is 18.7 Å². The molecule has 1 heterocycles. The second-order valence-electron chi connectivity index (χ2n) is 5.58. The van der Waals surface area contributed by atoms with Crippen molar-refractivity contribution in [2.75, 3.05) is 32.1 Å². The van der Waals surface area contributed by atoms with E-state index in [1.54, 1.807) is 19.5 Å². The molecule has 0 aliphatic heterocycles. The zero-order valence-electron chi connectivity index (χ0n) is 14.1. The molecule has 0 spiro atoms. The third-order valence-electron chi connectivity index (χ3n) is 3.63. The first-order valence-corrected chi connectivity index (χ1v) is 8.29. The molecule has 0 aliphatic carbocycles. The molecule has 0 radical (unpaired) electrons. The monoisotopic (exact) mass is 327 g/mol. The van der Waals surface area contributed by atoms with Crippen LogP contribution in [0.15, 0.2) is 48.8 Å². The number of aromatic nitrogens is 1. The number of nitrogens with zero attached hydrogens (tertiary/aromatic N) is 1. The SMILES string of the molecule is COCCCNc1cncc(C(=O)NCCCc2ccccc2)c1. The van der Waals surface area contributed by atoms with Crippen molar-refractivity contribution in [2.24, 2.45) is 0 Å². The summed E-state index contributed by atoms with van der Waals surface area (Å²) < 4.78 is 5.01. The van der Waals surface area contributed by atoms with Crippen LogP contribution in [-0.2, 0) is 11.2 Å². The second-order valence-corrected chi connectivity index (χ2v) is 5.58. The van der Waals surface area contributed by atoms with Gasteiger partial charge in [-0.15, -0.1) is 0 Å². The van der Waals surface area contributed by atoms with Crippen molar-refractivity contribution in [1.29, 1.82) is 0 Å². The van der Waals surface area contributed by atoms with Crippen molar-refractivity contribution in [1.82, 2.24) is 10.3 Å². The molecule has 0 atom stereocenters. The molecule has 0 bridgehead atoms. The summed E-state index contributed by atoms with van der Waals surface area (Å²) in [6.07, 6.45) is 6.09. The van der Waals surface area contributed by atoms with Gasteiger partial charge in [0.15, 0.2) is 0 Å². The summed E-state index contributed by atoms with van der Waals surface area (Å²) in [7, 11) is 1.68. The molecule has 128 valence electrons. The maximum atomic E-state index is 12.2. The minimum absolute atomic E-state index is 0.0869. The highest BCUT2D eigenvalue weighted by Crippen LogP contribution is 2.08. The van der Waals surface area contributed by atoms with Crippen molar-refractivity contribution in [2.45, 2.75) is 19.3 Å². The minimum atomic E-state index is -0.0869. The van der Waals surface area contributed by atoms with E-state index in [1.165, 1.54) is 5.56 Å². The molecule has 0 aliphatic rings. The molecule has 1 aromatic heterocycles. The van der Waals surface area contributed by atoms with Crippen molar-refractivity contribution in [3.05, 3.63) is 59.9 Å². The van der Waals surface area contributed by atoms with Gasteiger partial charge in [0, 0.05) is 39.2 Å². The number of methoxy groups -OCH3 is 1. The minimum Gasteiger partial charge on any atom is -0.385 e. The lowest BCUT2D eigenvalue weighted by atomic mass is 10.1. The Morgan fingerprint density at radius 1 is 1.12 bits per heavy atom. The number of carbonyl (C=O) groups excluding carboxylic acids is 1. The maximum absolute atomic E-state index is 12.2. The summed E-state index contributed by atoms with van der Waals surface area (Å²) in [5.41, 5.74) is 2.71. The highest BCUT2D eigenvalue weighted by atomic mass is 16.5. The summed E-state index contributed by atoms with van der Waals surface area (Å²) in [5.74, 6) is -0.0869. The third-order valence-corrected chi connectivity index (χ3v) is 3.63. The predicted molar refractivity (Wildman–Crippen MR) is 96.3 cm³/mol. The fraction of sp³-hybridized carbons (Fsp3) is 0.368. The number of carbonyl (C=O) groups is 1. The molecule has 2 aromatic rings. The summed E-state index contributed by atoms with van der Waals surface area (Å²) >= 11 is 0. The second kappa shape index (κ2) is 10.4. The van der Waals surface area contributed by atoms with Crippen molar-refractivity contribution >= 4 is 11.6 Å². The Hall–Kier alpha value is -2.40. The van der Waals surface area contributed by atoms with Crippen molar-refractivity contribution < 1.29 is 9.53 Å². The van der Waals surface area contributed by atoms with E-state index >= 15 is 0 Å². The van der Waals surface area contributed by atoms with Crippen LogP contribution in [0.4, 0.5) is 5.69 Å². The molecule has 2 N–H and O–H groups in total. The lowest BCUT2D eigenvalue weighted by Gasteiger charge is -2.08. The molecule has 0 unspecified atom stereocenters. The predicted octanol–water partition coefficient (Wildman–Crippen LogP) is 2.89. The van der Waals surface area contributed by atoms with Gasteiger partial charge in [-0.1, -0.05) is 30.3 Å². The van der Waals surface area contributed by atoms with E-state index in [-0.39, 0.29) is 5.91 Å². The molecule has 5 heteroatoms. The molecule has 5 nitrogen and oxygen atoms in total. The Balaban J connectivity index is 1.73. The number of rotatable bonds is 10. The largest absolute Gasteiger partial charge is 0.385 e. The molecular weight excluding hydrogens is 302 g/mol. The molecule has 24 heavy (non-hydrogen) atoms. The van der Waals surface area contributed by atoms with Gasteiger partial charge in [-0.3, -0.25) is 9.78 Å². The van der Waals surface area contributed by atoms with Gasteiger partial charge < -0.3 is 15.4 Å². The van der Waals surface area contributed by atoms with Crippen LogP contribution in [-0.4, -0.2) is 37.7 Å². The Morgan fingerprint density at radius 3 is 2.75 bits per heavy atom. The van der Waals surface area contributed by atoms with Crippen LogP contribution in [0.3, 0.4) is 0 Å². The van der Waals surface area contributed by atoms with Crippen LogP contribution in [0.25, 0.3) is 0 Å². The van der Waals surface area contributed by atoms with Gasteiger partial charge in [0.25, 0.3) is 5.91 Å². The molecule has 1 aromatic carbocycles. The molecule has 0 saturated heterocycles. The Bertz CT molecular complexity index is 617. The Morgan fingerprint density at radius 2 is 1.96 bits per heavy atom. The lowest BCUT2D eigenvalue weighted by Crippen LogP contribution is -2.25. The molecular formula is C19H25N3O2. The van der Waals surface area contributed by atoms with E-state index in [9.17, 15) is 4.79 Å². The quantitative estimate of drug-likeness (QED) is 0.659. The average molecular weight is 327 g/mol. The van der Waals surface area contributed by atoms with E-state index in [0.717, 1.165) is 31.5 Å².